The predicted molar refractivity (Wildman–Crippen MR) is 151 cm³/mol. The third kappa shape index (κ3) is 5.63. The lowest BCUT2D eigenvalue weighted by Gasteiger charge is -2.18. The van der Waals surface area contributed by atoms with E-state index in [1.807, 2.05) is 42.8 Å². The fourth-order valence-corrected chi connectivity index (χ4v) is 5.91. The van der Waals surface area contributed by atoms with Crippen LogP contribution in [0.2, 0.25) is 0 Å². The third-order valence-corrected chi connectivity index (χ3v) is 7.71. The molecule has 4 heterocycles. The summed E-state index contributed by atoms with van der Waals surface area (Å²) in [5, 5.41) is 19.6. The lowest BCUT2D eigenvalue weighted by Crippen LogP contribution is -2.39. The Bertz CT molecular complexity index is 1660. The zero-order valence-electron chi connectivity index (χ0n) is 21.3. The molecule has 0 spiro atoms. The van der Waals surface area contributed by atoms with Crippen LogP contribution < -0.4 is 16.4 Å². The molecule has 0 radical (unpaired) electrons. The van der Waals surface area contributed by atoms with Crippen molar-refractivity contribution in [2.24, 2.45) is 5.92 Å². The van der Waals surface area contributed by atoms with Gasteiger partial charge in [0, 0.05) is 23.7 Å². The van der Waals surface area contributed by atoms with E-state index in [0.717, 1.165) is 28.0 Å². The number of anilines is 1. The van der Waals surface area contributed by atoms with Crippen LogP contribution >= 0.6 is 22.7 Å². The number of nitrogens with one attached hydrogen (secondary N) is 2. The minimum Gasteiger partial charge on any atom is -0.394 e. The number of pyridine rings is 1. The summed E-state index contributed by atoms with van der Waals surface area (Å²) < 4.78 is 17.1. The van der Waals surface area contributed by atoms with E-state index in [2.05, 4.69) is 20.6 Å². The molecule has 5 rings (SSSR count). The average molecular weight is 567 g/mol. The number of carbonyl (C=O) groups excluding carboxylic acids is 2. The van der Waals surface area contributed by atoms with Crippen LogP contribution in [0.5, 0.6) is 0 Å². The Labute approximate surface area is 231 Å². The van der Waals surface area contributed by atoms with Crippen molar-refractivity contribution in [1.29, 1.82) is 0 Å². The van der Waals surface area contributed by atoms with Crippen molar-refractivity contribution in [3.8, 4) is 11.3 Å². The molecule has 0 aliphatic rings. The maximum Gasteiger partial charge on any atom is 0.270 e. The van der Waals surface area contributed by atoms with Gasteiger partial charge in [0.2, 0.25) is 0 Å². The number of aliphatic hydroxyl groups excluding tert-OH is 1. The van der Waals surface area contributed by atoms with E-state index in [9.17, 15) is 19.1 Å². The van der Waals surface area contributed by atoms with Gasteiger partial charge in [0.05, 0.1) is 28.4 Å². The third-order valence-electron chi connectivity index (χ3n) is 6.17. The molecule has 0 fully saturated rings. The van der Waals surface area contributed by atoms with Gasteiger partial charge in [0.1, 0.15) is 17.2 Å². The molecule has 0 bridgehead atoms. The van der Waals surface area contributed by atoms with Gasteiger partial charge in [-0.2, -0.15) is 11.3 Å². The summed E-state index contributed by atoms with van der Waals surface area (Å²) in [6.07, 6.45) is 1.71. The zero-order valence-corrected chi connectivity index (χ0v) is 22.9. The minimum absolute atomic E-state index is 0.00506. The number of thiophene rings is 1. The van der Waals surface area contributed by atoms with Crippen LogP contribution in [0.25, 0.3) is 27.1 Å². The standard InChI is InChI=1S/C27H27FN6O3S2/c1-14(2)7-18(12-35)31-26(37)23-22(16-5-6-38-13-16)33-24-19(9-17(28)11-34(23)24)25(36)30-10-15-3-4-20-21(8-15)39-27(29)32-20/h3-6,8-9,11,13-14,18,35H,7,10,12H2,1-2H3,(H2,29,32)(H,30,36)(H,31,37)/t18-/m0/s1. The number of imidazole rings is 1. The SMILES string of the molecule is CC(C)C[C@@H](CO)NC(=O)c1c(-c2ccsc2)nc2c(C(=O)NCc3ccc4nc(N)sc4c3)cc(F)cn12. The Kier molecular flexibility index (Phi) is 7.60. The molecule has 1 atom stereocenters. The number of rotatable bonds is 9. The Hall–Kier alpha value is -3.87. The monoisotopic (exact) mass is 566 g/mol. The maximum absolute atomic E-state index is 14.9. The van der Waals surface area contributed by atoms with Crippen LogP contribution in [0.1, 0.15) is 46.7 Å². The molecule has 2 amide bonds. The highest BCUT2D eigenvalue weighted by Crippen LogP contribution is 2.29. The average Bonchev–Trinajstić information content (AvgIpc) is 3.63. The topological polar surface area (TPSA) is 135 Å². The summed E-state index contributed by atoms with van der Waals surface area (Å²) in [4.78, 5) is 35.6. The highest BCUT2D eigenvalue weighted by atomic mass is 32.1. The normalized spacial score (nSPS) is 12.3. The number of nitrogen functional groups attached to an aromatic ring is 1. The number of carbonyl (C=O) groups is 2. The van der Waals surface area contributed by atoms with Gasteiger partial charge in [-0.1, -0.05) is 31.3 Å². The number of benzene rings is 1. The summed E-state index contributed by atoms with van der Waals surface area (Å²) in [7, 11) is 0. The van der Waals surface area contributed by atoms with Crippen molar-refractivity contribution < 1.29 is 19.1 Å². The van der Waals surface area contributed by atoms with Crippen molar-refractivity contribution in [2.45, 2.75) is 32.9 Å². The number of aliphatic hydroxyl groups is 1. The second-order valence-corrected chi connectivity index (χ2v) is 11.4. The van der Waals surface area contributed by atoms with E-state index in [1.165, 1.54) is 27.1 Å². The van der Waals surface area contributed by atoms with E-state index in [0.29, 0.717) is 22.8 Å². The summed E-state index contributed by atoms with van der Waals surface area (Å²) in [6.45, 7) is 3.93. The molecule has 0 unspecified atom stereocenters. The number of amides is 2. The lowest BCUT2D eigenvalue weighted by molar-refractivity contribution is 0.0901. The van der Waals surface area contributed by atoms with Gasteiger partial charge in [-0.15, -0.1) is 0 Å². The van der Waals surface area contributed by atoms with E-state index in [-0.39, 0.29) is 36.0 Å². The van der Waals surface area contributed by atoms with Gasteiger partial charge in [-0.3, -0.25) is 14.0 Å². The van der Waals surface area contributed by atoms with Crippen LogP contribution in [0.15, 0.2) is 47.3 Å². The molecule has 12 heteroatoms. The molecule has 0 aliphatic carbocycles. The quantitative estimate of drug-likeness (QED) is 0.208. The van der Waals surface area contributed by atoms with Gasteiger partial charge in [-0.05, 0) is 47.5 Å². The van der Waals surface area contributed by atoms with Crippen molar-refractivity contribution >= 4 is 55.5 Å². The van der Waals surface area contributed by atoms with Gasteiger partial charge < -0.3 is 21.5 Å². The van der Waals surface area contributed by atoms with E-state index in [4.69, 9.17) is 5.73 Å². The maximum atomic E-state index is 14.9. The number of hydrogen-bond acceptors (Lipinski definition) is 8. The van der Waals surface area contributed by atoms with Crippen LogP contribution in [0, 0.1) is 11.7 Å². The van der Waals surface area contributed by atoms with Crippen LogP contribution in [0.3, 0.4) is 0 Å². The number of fused-ring (bicyclic) bond motifs is 2. The molecule has 4 aromatic heterocycles. The molecule has 0 saturated carbocycles. The molecule has 9 nitrogen and oxygen atoms in total. The van der Waals surface area contributed by atoms with E-state index >= 15 is 0 Å². The Morgan fingerprint density at radius 1 is 1.18 bits per heavy atom. The van der Waals surface area contributed by atoms with Gasteiger partial charge in [0.25, 0.3) is 11.8 Å². The first-order chi connectivity index (χ1) is 18.7. The van der Waals surface area contributed by atoms with Crippen molar-refractivity contribution in [3.05, 3.63) is 69.9 Å². The number of nitrogens with zero attached hydrogens (tertiary/aromatic N) is 3. The fraction of sp³-hybridized carbons (Fsp3) is 0.259. The second kappa shape index (κ2) is 11.1. The van der Waals surface area contributed by atoms with Crippen LogP contribution in [-0.2, 0) is 6.54 Å². The van der Waals surface area contributed by atoms with Crippen molar-refractivity contribution in [3.63, 3.8) is 0 Å². The molecule has 5 N–H and O–H groups in total. The Morgan fingerprint density at radius 3 is 2.72 bits per heavy atom. The molecule has 0 saturated heterocycles. The van der Waals surface area contributed by atoms with Gasteiger partial charge >= 0.3 is 0 Å². The lowest BCUT2D eigenvalue weighted by atomic mass is 10.0. The molecular weight excluding hydrogens is 539 g/mol. The number of hydrogen-bond donors (Lipinski definition) is 4. The predicted octanol–water partition coefficient (Wildman–Crippen LogP) is 4.46. The first-order valence-corrected chi connectivity index (χ1v) is 14.1. The number of thiazole rings is 1. The van der Waals surface area contributed by atoms with Crippen LogP contribution in [0.4, 0.5) is 9.52 Å². The first-order valence-electron chi connectivity index (χ1n) is 12.3. The van der Waals surface area contributed by atoms with E-state index < -0.39 is 23.7 Å². The Balaban J connectivity index is 1.50. The molecule has 1 aromatic carbocycles. The van der Waals surface area contributed by atoms with Gasteiger partial charge in [0.15, 0.2) is 10.8 Å². The molecule has 202 valence electrons. The van der Waals surface area contributed by atoms with Crippen molar-refractivity contribution in [2.75, 3.05) is 12.3 Å². The van der Waals surface area contributed by atoms with Crippen LogP contribution in [-0.4, -0.2) is 43.9 Å². The summed E-state index contributed by atoms with van der Waals surface area (Å²) in [5.74, 6) is -1.51. The van der Waals surface area contributed by atoms with Gasteiger partial charge in [-0.25, -0.2) is 14.4 Å². The number of nitrogens with two attached hydrogens (primary N) is 1. The fourth-order valence-electron chi connectivity index (χ4n) is 4.47. The zero-order chi connectivity index (χ0) is 27.7. The molecule has 0 aliphatic heterocycles. The number of halogens is 1. The molecular formula is C27H27FN6O3S2. The highest BCUT2D eigenvalue weighted by molar-refractivity contribution is 7.22. The first kappa shape index (κ1) is 26.7. The Morgan fingerprint density at radius 2 is 2.00 bits per heavy atom. The number of aromatic nitrogens is 3. The summed E-state index contributed by atoms with van der Waals surface area (Å²) >= 11 is 2.78. The van der Waals surface area contributed by atoms with Crippen molar-refractivity contribution in [1.82, 2.24) is 25.0 Å². The summed E-state index contributed by atoms with van der Waals surface area (Å²) in [6, 6.07) is 7.99. The highest BCUT2D eigenvalue weighted by Gasteiger charge is 2.26. The smallest absolute Gasteiger partial charge is 0.270 e. The molecule has 39 heavy (non-hydrogen) atoms. The van der Waals surface area contributed by atoms with E-state index in [1.54, 1.807) is 6.07 Å². The minimum atomic E-state index is -0.696. The largest absolute Gasteiger partial charge is 0.394 e. The molecule has 5 aromatic rings. The summed E-state index contributed by atoms with van der Waals surface area (Å²) in [5.41, 5.74) is 8.62. The second-order valence-electron chi connectivity index (χ2n) is 9.61.